The predicted octanol–water partition coefficient (Wildman–Crippen LogP) is 1.30. The summed E-state index contributed by atoms with van der Waals surface area (Å²) in [7, 11) is 0. The third-order valence-electron chi connectivity index (χ3n) is 2.61. The van der Waals surface area contributed by atoms with Crippen molar-refractivity contribution in [2.24, 2.45) is 5.73 Å². The van der Waals surface area contributed by atoms with Gasteiger partial charge in [0.05, 0.1) is 18.0 Å². The Morgan fingerprint density at radius 1 is 1.41 bits per heavy atom. The number of hydrogen-bond acceptors (Lipinski definition) is 3. The number of aromatic nitrogens is 2. The van der Waals surface area contributed by atoms with Crippen molar-refractivity contribution in [3.05, 3.63) is 53.6 Å². The van der Waals surface area contributed by atoms with Crippen LogP contribution in [-0.4, -0.2) is 16.1 Å². The van der Waals surface area contributed by atoms with Gasteiger partial charge in [-0.25, -0.2) is 4.98 Å². The van der Waals surface area contributed by atoms with Gasteiger partial charge < -0.3 is 10.3 Å². The number of nitriles is 1. The number of imidazole rings is 1. The molecule has 0 unspecified atom stereocenters. The third-order valence-corrected chi connectivity index (χ3v) is 2.61. The minimum Gasteiger partial charge on any atom is -0.330 e. The fraction of sp³-hybridized carbons (Fsp3) is 0.231. The Balaban J connectivity index is 2.19. The zero-order valence-corrected chi connectivity index (χ0v) is 9.50. The zero-order chi connectivity index (χ0) is 12.1. The quantitative estimate of drug-likeness (QED) is 0.854. The largest absolute Gasteiger partial charge is 0.330 e. The highest BCUT2D eigenvalue weighted by atomic mass is 15.0. The maximum absolute atomic E-state index is 8.84. The lowest BCUT2D eigenvalue weighted by Crippen LogP contribution is -2.09. The van der Waals surface area contributed by atoms with Crippen molar-refractivity contribution in [1.29, 1.82) is 5.26 Å². The van der Waals surface area contributed by atoms with Crippen LogP contribution in [0.3, 0.4) is 0 Å². The average Bonchev–Trinajstić information content (AvgIpc) is 2.78. The van der Waals surface area contributed by atoms with Gasteiger partial charge in [0.25, 0.3) is 0 Å². The Hall–Kier alpha value is -2.12. The highest BCUT2D eigenvalue weighted by Crippen LogP contribution is 2.08. The lowest BCUT2D eigenvalue weighted by molar-refractivity contribution is 0.733. The van der Waals surface area contributed by atoms with Crippen LogP contribution in [0.5, 0.6) is 0 Å². The fourth-order valence-corrected chi connectivity index (χ4v) is 1.78. The number of rotatable bonds is 4. The third kappa shape index (κ3) is 2.71. The molecule has 0 saturated carbocycles. The Morgan fingerprint density at radius 2 is 2.29 bits per heavy atom. The van der Waals surface area contributed by atoms with Crippen LogP contribution in [0.1, 0.15) is 16.8 Å². The molecule has 0 aliphatic rings. The maximum atomic E-state index is 8.84. The lowest BCUT2D eigenvalue weighted by Gasteiger charge is -2.07. The van der Waals surface area contributed by atoms with E-state index >= 15 is 0 Å². The summed E-state index contributed by atoms with van der Waals surface area (Å²) in [5.74, 6) is 0. The molecule has 1 aromatic carbocycles. The molecule has 0 saturated heterocycles. The number of nitrogens with zero attached hydrogens (tertiary/aromatic N) is 3. The van der Waals surface area contributed by atoms with Crippen molar-refractivity contribution >= 4 is 0 Å². The van der Waals surface area contributed by atoms with E-state index in [0.717, 1.165) is 24.2 Å². The monoisotopic (exact) mass is 226 g/mol. The van der Waals surface area contributed by atoms with Gasteiger partial charge in [0.1, 0.15) is 0 Å². The predicted molar refractivity (Wildman–Crippen MR) is 65.2 cm³/mol. The molecule has 17 heavy (non-hydrogen) atoms. The van der Waals surface area contributed by atoms with Crippen LogP contribution >= 0.6 is 0 Å². The van der Waals surface area contributed by atoms with Gasteiger partial charge >= 0.3 is 0 Å². The maximum Gasteiger partial charge on any atom is 0.0991 e. The summed E-state index contributed by atoms with van der Waals surface area (Å²) in [6.45, 7) is 1.34. The normalized spacial score (nSPS) is 10.1. The second kappa shape index (κ2) is 5.28. The molecule has 0 aliphatic carbocycles. The van der Waals surface area contributed by atoms with Gasteiger partial charge in [-0.2, -0.15) is 5.26 Å². The molecular formula is C13H14N4. The van der Waals surface area contributed by atoms with Gasteiger partial charge in [-0.05, 0) is 24.2 Å². The van der Waals surface area contributed by atoms with Gasteiger partial charge in [0.2, 0.25) is 0 Å². The molecule has 0 bridgehead atoms. The van der Waals surface area contributed by atoms with Gasteiger partial charge in [-0.1, -0.05) is 12.1 Å². The Labute approximate surface area is 100 Å². The molecule has 4 nitrogen and oxygen atoms in total. The SMILES string of the molecule is N#Cc1cccc(Cn2cncc2CCN)c1. The van der Waals surface area contributed by atoms with E-state index < -0.39 is 0 Å². The molecule has 0 fully saturated rings. The van der Waals surface area contributed by atoms with Crippen molar-refractivity contribution < 1.29 is 0 Å². The number of hydrogen-bond donors (Lipinski definition) is 1. The van der Waals surface area contributed by atoms with E-state index in [1.807, 2.05) is 24.4 Å². The average molecular weight is 226 g/mol. The zero-order valence-electron chi connectivity index (χ0n) is 9.50. The lowest BCUT2D eigenvalue weighted by atomic mass is 10.1. The van der Waals surface area contributed by atoms with Crippen LogP contribution in [-0.2, 0) is 13.0 Å². The molecule has 0 spiro atoms. The van der Waals surface area contributed by atoms with Gasteiger partial charge in [0, 0.05) is 24.9 Å². The summed E-state index contributed by atoms with van der Waals surface area (Å²) in [4.78, 5) is 4.12. The highest BCUT2D eigenvalue weighted by Gasteiger charge is 2.02. The van der Waals surface area contributed by atoms with E-state index in [1.165, 1.54) is 0 Å². The number of benzene rings is 1. The van der Waals surface area contributed by atoms with Crippen molar-refractivity contribution in [2.75, 3.05) is 6.54 Å². The summed E-state index contributed by atoms with van der Waals surface area (Å²) < 4.78 is 2.06. The molecule has 0 radical (unpaired) electrons. The second-order valence-electron chi connectivity index (χ2n) is 3.86. The van der Waals surface area contributed by atoms with Crippen molar-refractivity contribution in [1.82, 2.24) is 9.55 Å². The second-order valence-corrected chi connectivity index (χ2v) is 3.86. The van der Waals surface area contributed by atoms with Crippen molar-refractivity contribution in [3.8, 4) is 6.07 Å². The van der Waals surface area contributed by atoms with E-state index in [2.05, 4.69) is 15.6 Å². The first-order chi connectivity index (χ1) is 8.33. The first-order valence-corrected chi connectivity index (χ1v) is 5.51. The fourth-order valence-electron chi connectivity index (χ4n) is 1.78. The molecule has 86 valence electrons. The molecule has 4 heteroatoms. The standard InChI is InChI=1S/C13H14N4/c14-5-4-13-8-16-10-17(13)9-12-3-1-2-11(6-12)7-15/h1-3,6,8,10H,4-5,9,14H2. The summed E-state index contributed by atoms with van der Waals surface area (Å²) >= 11 is 0. The van der Waals surface area contributed by atoms with Crippen LogP contribution in [0.15, 0.2) is 36.8 Å². The molecule has 2 aromatic rings. The molecule has 0 aliphatic heterocycles. The van der Waals surface area contributed by atoms with E-state index in [0.29, 0.717) is 12.1 Å². The van der Waals surface area contributed by atoms with E-state index in [4.69, 9.17) is 11.0 Å². The molecule has 0 amide bonds. The van der Waals surface area contributed by atoms with Gasteiger partial charge in [-0.15, -0.1) is 0 Å². The van der Waals surface area contributed by atoms with Crippen LogP contribution in [0.4, 0.5) is 0 Å². The van der Waals surface area contributed by atoms with Crippen LogP contribution in [0, 0.1) is 11.3 Å². The van der Waals surface area contributed by atoms with Crippen molar-refractivity contribution in [3.63, 3.8) is 0 Å². The summed E-state index contributed by atoms with van der Waals surface area (Å²) in [5.41, 5.74) is 8.44. The van der Waals surface area contributed by atoms with E-state index in [9.17, 15) is 0 Å². The van der Waals surface area contributed by atoms with Crippen LogP contribution in [0.25, 0.3) is 0 Å². The smallest absolute Gasteiger partial charge is 0.0991 e. The topological polar surface area (TPSA) is 67.6 Å². The minimum atomic E-state index is 0.615. The van der Waals surface area contributed by atoms with E-state index in [-0.39, 0.29) is 0 Å². The van der Waals surface area contributed by atoms with Crippen molar-refractivity contribution in [2.45, 2.75) is 13.0 Å². The molecule has 1 aromatic heterocycles. The molecule has 2 rings (SSSR count). The Bertz CT molecular complexity index is 536. The molecule has 0 atom stereocenters. The minimum absolute atomic E-state index is 0.615. The molecule has 2 N–H and O–H groups in total. The summed E-state index contributed by atoms with van der Waals surface area (Å²) in [6, 6.07) is 9.74. The molecule has 1 heterocycles. The Morgan fingerprint density at radius 3 is 3.06 bits per heavy atom. The van der Waals surface area contributed by atoms with E-state index in [1.54, 1.807) is 12.4 Å². The first-order valence-electron chi connectivity index (χ1n) is 5.51. The first kappa shape index (κ1) is 11.4. The summed E-state index contributed by atoms with van der Waals surface area (Å²) in [6.07, 6.45) is 4.45. The molecular weight excluding hydrogens is 212 g/mol. The van der Waals surface area contributed by atoms with Crippen LogP contribution in [0.2, 0.25) is 0 Å². The van der Waals surface area contributed by atoms with Gasteiger partial charge in [-0.3, -0.25) is 0 Å². The summed E-state index contributed by atoms with van der Waals surface area (Å²) in [5, 5.41) is 8.84. The highest BCUT2D eigenvalue weighted by molar-refractivity contribution is 5.33. The Kier molecular flexibility index (Phi) is 3.53. The van der Waals surface area contributed by atoms with Gasteiger partial charge in [0.15, 0.2) is 0 Å². The number of nitrogens with two attached hydrogens (primary N) is 1. The van der Waals surface area contributed by atoms with Crippen LogP contribution < -0.4 is 5.73 Å².